The Kier molecular flexibility index (Phi) is 5.37. The van der Waals surface area contributed by atoms with Gasteiger partial charge in [-0.15, -0.1) is 11.3 Å². The average molecular weight is 362 g/mol. The minimum Gasteiger partial charge on any atom is -0.459 e. The van der Waals surface area contributed by atoms with E-state index in [1.165, 1.54) is 6.26 Å². The first-order chi connectivity index (χ1) is 12.0. The Bertz CT molecular complexity index is 720. The molecule has 0 spiro atoms. The largest absolute Gasteiger partial charge is 0.459 e. The summed E-state index contributed by atoms with van der Waals surface area (Å²) in [5, 5.41) is 6.01. The number of amides is 3. The molecule has 1 aliphatic heterocycles. The highest BCUT2D eigenvalue weighted by Gasteiger charge is 2.26. The van der Waals surface area contributed by atoms with E-state index < -0.39 is 0 Å². The first-order valence-corrected chi connectivity index (χ1v) is 9.20. The molecule has 0 bridgehead atoms. The van der Waals surface area contributed by atoms with Gasteiger partial charge in [-0.3, -0.25) is 4.79 Å². The lowest BCUT2D eigenvalue weighted by Crippen LogP contribution is -2.53. The van der Waals surface area contributed by atoms with Gasteiger partial charge in [0.25, 0.3) is 5.91 Å². The number of thiazole rings is 1. The highest BCUT2D eigenvalue weighted by molar-refractivity contribution is 7.09. The van der Waals surface area contributed by atoms with Gasteiger partial charge in [0.15, 0.2) is 5.76 Å². The van der Waals surface area contributed by atoms with Crippen molar-refractivity contribution in [3.8, 4) is 0 Å². The summed E-state index contributed by atoms with van der Waals surface area (Å²) in [4.78, 5) is 32.4. The second-order valence-electron chi connectivity index (χ2n) is 6.17. The minimum absolute atomic E-state index is 0.0924. The molecule has 1 aliphatic rings. The van der Waals surface area contributed by atoms with Crippen molar-refractivity contribution in [3.63, 3.8) is 0 Å². The molecule has 1 saturated heterocycles. The van der Waals surface area contributed by atoms with E-state index in [0.717, 1.165) is 10.7 Å². The van der Waals surface area contributed by atoms with Crippen LogP contribution in [0.3, 0.4) is 0 Å². The molecule has 3 rings (SSSR count). The smallest absolute Gasteiger partial charge is 0.317 e. The molecule has 25 heavy (non-hydrogen) atoms. The number of nitrogens with zero attached hydrogens (tertiary/aromatic N) is 3. The molecule has 2 aromatic heterocycles. The number of carbonyl (C=O) groups excluding carboxylic acids is 2. The van der Waals surface area contributed by atoms with E-state index in [1.807, 2.05) is 12.3 Å². The molecule has 7 nitrogen and oxygen atoms in total. The van der Waals surface area contributed by atoms with Gasteiger partial charge < -0.3 is 19.5 Å². The maximum absolute atomic E-state index is 12.3. The fourth-order valence-corrected chi connectivity index (χ4v) is 3.56. The number of furan rings is 1. The van der Waals surface area contributed by atoms with Gasteiger partial charge in [0.1, 0.15) is 0 Å². The number of hydrogen-bond donors (Lipinski definition) is 1. The van der Waals surface area contributed by atoms with Crippen molar-refractivity contribution >= 4 is 23.3 Å². The van der Waals surface area contributed by atoms with Crippen LogP contribution in [0.2, 0.25) is 0 Å². The molecule has 8 heteroatoms. The molecule has 0 radical (unpaired) electrons. The molecular formula is C17H22N4O3S. The number of nitrogens with one attached hydrogen (secondary N) is 1. The van der Waals surface area contributed by atoms with Crippen molar-refractivity contribution < 1.29 is 14.0 Å². The predicted molar refractivity (Wildman–Crippen MR) is 94.8 cm³/mol. The van der Waals surface area contributed by atoms with Crippen molar-refractivity contribution in [2.24, 2.45) is 0 Å². The fraction of sp³-hybridized carbons (Fsp3) is 0.471. The zero-order valence-electron chi connectivity index (χ0n) is 14.4. The van der Waals surface area contributed by atoms with E-state index in [0.29, 0.717) is 38.5 Å². The molecule has 134 valence electrons. The van der Waals surface area contributed by atoms with E-state index in [-0.39, 0.29) is 17.9 Å². The lowest BCUT2D eigenvalue weighted by molar-refractivity contribution is 0.0634. The average Bonchev–Trinajstić information content (AvgIpc) is 3.30. The summed E-state index contributed by atoms with van der Waals surface area (Å²) in [7, 11) is 0. The molecular weight excluding hydrogens is 340 g/mol. The first-order valence-electron chi connectivity index (χ1n) is 8.32. The predicted octanol–water partition coefficient (Wildman–Crippen LogP) is 2.32. The highest BCUT2D eigenvalue weighted by atomic mass is 32.1. The first kappa shape index (κ1) is 17.5. The second kappa shape index (κ2) is 7.69. The molecule has 3 amide bonds. The minimum atomic E-state index is -0.127. The third-order valence-electron chi connectivity index (χ3n) is 4.20. The van der Waals surface area contributed by atoms with Crippen LogP contribution in [0.15, 0.2) is 28.2 Å². The van der Waals surface area contributed by atoms with Gasteiger partial charge in [-0.2, -0.15) is 0 Å². The lowest BCUT2D eigenvalue weighted by Gasteiger charge is -2.34. The monoisotopic (exact) mass is 362 g/mol. The summed E-state index contributed by atoms with van der Waals surface area (Å²) in [6.45, 7) is 6.62. The molecule has 0 aliphatic carbocycles. The Morgan fingerprint density at radius 1 is 1.32 bits per heavy atom. The van der Waals surface area contributed by atoms with Crippen LogP contribution in [0.5, 0.6) is 0 Å². The lowest BCUT2D eigenvalue weighted by atomic mass is 10.2. The number of carbonyl (C=O) groups is 2. The van der Waals surface area contributed by atoms with Gasteiger partial charge in [-0.1, -0.05) is 6.92 Å². The summed E-state index contributed by atoms with van der Waals surface area (Å²) in [5.41, 5.74) is 1.01. The van der Waals surface area contributed by atoms with Crippen LogP contribution in [0.25, 0.3) is 0 Å². The van der Waals surface area contributed by atoms with E-state index in [9.17, 15) is 9.59 Å². The fourth-order valence-electron chi connectivity index (χ4n) is 2.71. The quantitative estimate of drug-likeness (QED) is 0.905. The van der Waals surface area contributed by atoms with Crippen molar-refractivity contribution in [1.82, 2.24) is 20.1 Å². The maximum Gasteiger partial charge on any atom is 0.317 e. The molecule has 2 aromatic rings. The Balaban J connectivity index is 1.44. The van der Waals surface area contributed by atoms with E-state index in [2.05, 4.69) is 17.2 Å². The zero-order valence-corrected chi connectivity index (χ0v) is 15.2. The number of hydrogen-bond acceptors (Lipinski definition) is 5. The van der Waals surface area contributed by atoms with Crippen molar-refractivity contribution in [3.05, 3.63) is 40.2 Å². The van der Waals surface area contributed by atoms with Gasteiger partial charge in [0, 0.05) is 49.7 Å². The molecule has 1 fully saturated rings. The summed E-state index contributed by atoms with van der Waals surface area (Å²) in [5.74, 6) is 0.396. The van der Waals surface area contributed by atoms with Gasteiger partial charge in [-0.05, 0) is 19.1 Å². The molecule has 0 aromatic carbocycles. The Morgan fingerprint density at radius 2 is 2.04 bits per heavy atom. The van der Waals surface area contributed by atoms with Crippen LogP contribution in [-0.4, -0.2) is 59.4 Å². The Hall–Kier alpha value is -2.35. The Morgan fingerprint density at radius 3 is 2.64 bits per heavy atom. The number of aryl methyl sites for hydroxylation is 1. The third-order valence-corrected chi connectivity index (χ3v) is 5.40. The molecule has 1 atom stereocenters. The zero-order chi connectivity index (χ0) is 17.8. The van der Waals surface area contributed by atoms with Crippen molar-refractivity contribution in [1.29, 1.82) is 0 Å². The summed E-state index contributed by atoms with van der Waals surface area (Å²) in [6, 6.07) is 3.26. The third kappa shape index (κ3) is 4.19. The van der Waals surface area contributed by atoms with Gasteiger partial charge in [-0.25, -0.2) is 9.78 Å². The van der Waals surface area contributed by atoms with E-state index >= 15 is 0 Å². The normalized spacial score (nSPS) is 15.9. The van der Waals surface area contributed by atoms with E-state index in [4.69, 9.17) is 4.42 Å². The van der Waals surface area contributed by atoms with Gasteiger partial charge in [0.05, 0.1) is 11.3 Å². The summed E-state index contributed by atoms with van der Waals surface area (Å²) < 4.78 is 5.14. The summed E-state index contributed by atoms with van der Waals surface area (Å²) in [6.07, 6.45) is 1.49. The van der Waals surface area contributed by atoms with E-state index in [1.54, 1.807) is 33.3 Å². The number of piperazine rings is 1. The number of urea groups is 1. The van der Waals surface area contributed by atoms with Crippen LogP contribution in [-0.2, 0) is 0 Å². The van der Waals surface area contributed by atoms with Crippen LogP contribution in [0.4, 0.5) is 4.79 Å². The molecule has 1 N–H and O–H groups in total. The molecule has 0 saturated carbocycles. The summed E-state index contributed by atoms with van der Waals surface area (Å²) >= 11 is 1.62. The second-order valence-corrected chi connectivity index (χ2v) is 7.06. The molecule has 3 heterocycles. The standard InChI is InChI=1S/C17H22N4O3S/c1-12(15-19-13(2)11-25-15)10-18-17(23)21-7-5-20(6-8-21)16(22)14-4-3-9-24-14/h3-4,9,11-12H,5-8,10H2,1-2H3,(H,18,23). The molecule has 1 unspecified atom stereocenters. The van der Waals surface area contributed by atoms with Crippen LogP contribution >= 0.6 is 11.3 Å². The maximum atomic E-state index is 12.3. The topological polar surface area (TPSA) is 78.7 Å². The van der Waals surface area contributed by atoms with Crippen LogP contribution < -0.4 is 5.32 Å². The Labute approximate surface area is 150 Å². The number of rotatable bonds is 4. The van der Waals surface area contributed by atoms with Gasteiger partial charge >= 0.3 is 6.03 Å². The SMILES string of the molecule is Cc1csc(C(C)CNC(=O)N2CCN(C(=O)c3ccco3)CC2)n1. The number of aromatic nitrogens is 1. The van der Waals surface area contributed by atoms with Gasteiger partial charge in [0.2, 0.25) is 0 Å². The van der Waals surface area contributed by atoms with Crippen molar-refractivity contribution in [2.45, 2.75) is 19.8 Å². The van der Waals surface area contributed by atoms with Crippen LogP contribution in [0.1, 0.15) is 34.1 Å². The van der Waals surface area contributed by atoms with Crippen molar-refractivity contribution in [2.75, 3.05) is 32.7 Å². The van der Waals surface area contributed by atoms with Crippen LogP contribution in [0, 0.1) is 6.92 Å². The highest BCUT2D eigenvalue weighted by Crippen LogP contribution is 2.19.